The monoisotopic (exact) mass is 267 g/mol. The predicted octanol–water partition coefficient (Wildman–Crippen LogP) is 3.22. The summed E-state index contributed by atoms with van der Waals surface area (Å²) in [4.78, 5) is 11.2. The highest BCUT2D eigenvalue weighted by molar-refractivity contribution is 5.67. The molecule has 0 atom stereocenters. The van der Waals surface area contributed by atoms with Crippen LogP contribution >= 0.6 is 0 Å². The molecule has 0 bridgehead atoms. The second-order valence-electron chi connectivity index (χ2n) is 3.44. The topological polar surface area (TPSA) is 47.6 Å². The van der Waals surface area contributed by atoms with Gasteiger partial charge in [0.15, 0.2) is 0 Å². The molecule has 4 nitrogen and oxygen atoms in total. The number of nitrogens with one attached hydrogen (secondary N) is 1. The fourth-order valence-electron chi connectivity index (χ4n) is 1.14. The molecular formula is C15H25NO3. The summed E-state index contributed by atoms with van der Waals surface area (Å²) in [6.45, 7) is 7.93. The normalized spacial score (nSPS) is 11.4. The Hall–Kier alpha value is -1.73. The van der Waals surface area contributed by atoms with E-state index in [1.807, 2.05) is 32.9 Å². The summed E-state index contributed by atoms with van der Waals surface area (Å²) < 4.78 is 10.2. The van der Waals surface area contributed by atoms with Crippen LogP contribution in [0, 0.1) is 0 Å². The van der Waals surface area contributed by atoms with E-state index >= 15 is 0 Å². The standard InChI is InChI=1S/C13H17NO3.C2H6.H2/c1-2-9-16-10-8-14-13(15)17-11-12-6-4-3-5-7-12;1-2;/h3-4,6H,2,8-11H2,1H3,(H,14,15);1-2H3;1H. The fraction of sp³-hybridized carbons (Fsp3) is 0.533. The highest BCUT2D eigenvalue weighted by Crippen LogP contribution is 1.99. The average Bonchev–Trinajstić information content (AvgIpc) is 2.48. The zero-order chi connectivity index (χ0) is 14.3. The van der Waals surface area contributed by atoms with Gasteiger partial charge in [0, 0.05) is 20.2 Å². The first kappa shape index (κ1) is 17.3. The highest BCUT2D eigenvalue weighted by Gasteiger charge is 2.02. The van der Waals surface area contributed by atoms with Crippen LogP contribution < -0.4 is 5.32 Å². The summed E-state index contributed by atoms with van der Waals surface area (Å²) in [5.41, 5.74) is 6.44. The molecule has 1 N–H and O–H groups in total. The molecule has 108 valence electrons. The maximum Gasteiger partial charge on any atom is 0.407 e. The first-order chi connectivity index (χ1) is 9.33. The van der Waals surface area contributed by atoms with Crippen LogP contribution in [-0.4, -0.2) is 32.5 Å². The predicted molar refractivity (Wildman–Crippen MR) is 78.2 cm³/mol. The maximum atomic E-state index is 11.2. The van der Waals surface area contributed by atoms with Gasteiger partial charge in [0.1, 0.15) is 6.61 Å². The van der Waals surface area contributed by atoms with Crippen molar-refractivity contribution in [3.63, 3.8) is 0 Å². The zero-order valence-electron chi connectivity index (χ0n) is 12.0. The van der Waals surface area contributed by atoms with Gasteiger partial charge >= 0.3 is 6.09 Å². The minimum Gasteiger partial charge on any atom is -0.444 e. The van der Waals surface area contributed by atoms with Crippen LogP contribution in [0.25, 0.3) is 0 Å². The molecule has 0 aromatic heterocycles. The molecule has 0 aliphatic heterocycles. The van der Waals surface area contributed by atoms with E-state index in [-0.39, 0.29) is 8.03 Å². The largest absolute Gasteiger partial charge is 0.444 e. The number of carbonyl (C=O) groups is 1. The van der Waals surface area contributed by atoms with E-state index in [1.54, 1.807) is 6.08 Å². The molecule has 0 aromatic carbocycles. The van der Waals surface area contributed by atoms with Crippen molar-refractivity contribution in [2.45, 2.75) is 27.2 Å². The minimum atomic E-state index is -0.442. The molecule has 0 aromatic rings. The van der Waals surface area contributed by atoms with E-state index in [4.69, 9.17) is 9.47 Å². The summed E-state index contributed by atoms with van der Waals surface area (Å²) in [5.74, 6) is 0. The van der Waals surface area contributed by atoms with Crippen LogP contribution in [0.1, 0.15) is 28.6 Å². The molecule has 0 heterocycles. The summed E-state index contributed by atoms with van der Waals surface area (Å²) in [7, 11) is 0. The van der Waals surface area contributed by atoms with E-state index in [9.17, 15) is 4.79 Å². The fourth-order valence-corrected chi connectivity index (χ4v) is 1.14. The van der Waals surface area contributed by atoms with Crippen LogP contribution in [-0.2, 0) is 9.47 Å². The van der Waals surface area contributed by atoms with Gasteiger partial charge in [-0.15, -0.1) is 0 Å². The molecule has 0 saturated carbocycles. The number of amides is 1. The molecule has 19 heavy (non-hydrogen) atoms. The third kappa shape index (κ3) is 9.93. The molecule has 4 heteroatoms. The molecule has 1 amide bonds. The number of rotatable bonds is 7. The second-order valence-corrected chi connectivity index (χ2v) is 3.44. The lowest BCUT2D eigenvalue weighted by atomic mass is 10.2. The third-order valence-corrected chi connectivity index (χ3v) is 1.93. The first-order valence-corrected chi connectivity index (χ1v) is 6.68. The number of alkyl carbamates (subject to hydrolysis) is 1. The Balaban J connectivity index is 0. The van der Waals surface area contributed by atoms with Crippen molar-refractivity contribution in [1.82, 2.24) is 5.32 Å². The van der Waals surface area contributed by atoms with E-state index in [2.05, 4.69) is 16.8 Å². The zero-order valence-corrected chi connectivity index (χ0v) is 12.0. The van der Waals surface area contributed by atoms with Gasteiger partial charge in [-0.1, -0.05) is 38.3 Å². The summed E-state index contributed by atoms with van der Waals surface area (Å²) in [6.07, 6.45) is 5.93. The Bertz CT molecular complexity index is 379. The Morgan fingerprint density at radius 1 is 1.42 bits per heavy atom. The van der Waals surface area contributed by atoms with E-state index in [1.165, 1.54) is 0 Å². The van der Waals surface area contributed by atoms with Gasteiger partial charge in [-0.05, 0) is 18.6 Å². The Morgan fingerprint density at radius 2 is 2.21 bits per heavy atom. The molecule has 0 radical (unpaired) electrons. The van der Waals surface area contributed by atoms with Crippen molar-refractivity contribution >= 4 is 6.09 Å². The van der Waals surface area contributed by atoms with Gasteiger partial charge in [0.05, 0.1) is 6.61 Å². The van der Waals surface area contributed by atoms with Gasteiger partial charge in [0.2, 0.25) is 0 Å². The molecule has 1 aliphatic rings. The smallest absolute Gasteiger partial charge is 0.407 e. The molecule has 0 spiro atoms. The third-order valence-electron chi connectivity index (χ3n) is 1.93. The molecule has 0 unspecified atom stereocenters. The SMILES string of the molecule is CC.CCCOCCNC(=O)OCC1=C=C=CC=C1.[HH]. The van der Waals surface area contributed by atoms with Crippen molar-refractivity contribution in [2.75, 3.05) is 26.4 Å². The maximum absolute atomic E-state index is 11.2. The average molecular weight is 267 g/mol. The van der Waals surface area contributed by atoms with Crippen molar-refractivity contribution in [3.8, 4) is 0 Å². The number of hydrogen-bond donors (Lipinski definition) is 1. The van der Waals surface area contributed by atoms with Crippen molar-refractivity contribution in [2.24, 2.45) is 0 Å². The van der Waals surface area contributed by atoms with Crippen LogP contribution in [0.5, 0.6) is 0 Å². The van der Waals surface area contributed by atoms with E-state index < -0.39 is 6.09 Å². The molecule has 0 fully saturated rings. The summed E-state index contributed by atoms with van der Waals surface area (Å²) in [5, 5.41) is 2.60. The van der Waals surface area contributed by atoms with Gasteiger partial charge in [-0.25, -0.2) is 4.79 Å². The molecule has 0 saturated heterocycles. The van der Waals surface area contributed by atoms with Crippen LogP contribution in [0.4, 0.5) is 4.79 Å². The molecule has 1 aliphatic carbocycles. The van der Waals surface area contributed by atoms with Gasteiger partial charge in [-0.3, -0.25) is 0 Å². The van der Waals surface area contributed by atoms with E-state index in [0.717, 1.165) is 12.0 Å². The summed E-state index contributed by atoms with van der Waals surface area (Å²) in [6, 6.07) is 0. The molecule has 1 rings (SSSR count). The van der Waals surface area contributed by atoms with Crippen molar-refractivity contribution in [1.29, 1.82) is 0 Å². The molecular weight excluding hydrogens is 242 g/mol. The van der Waals surface area contributed by atoms with Gasteiger partial charge in [-0.2, -0.15) is 0 Å². The number of hydrogen-bond acceptors (Lipinski definition) is 3. The Morgan fingerprint density at radius 3 is 2.84 bits per heavy atom. The number of allylic oxidation sites excluding steroid dienone is 2. The Labute approximate surface area is 117 Å². The Kier molecular flexibility index (Phi) is 11.6. The van der Waals surface area contributed by atoms with E-state index in [0.29, 0.717) is 19.8 Å². The lowest BCUT2D eigenvalue weighted by molar-refractivity contribution is 0.126. The van der Waals surface area contributed by atoms with Gasteiger partial charge < -0.3 is 14.8 Å². The first-order valence-electron chi connectivity index (χ1n) is 6.68. The van der Waals surface area contributed by atoms with Crippen molar-refractivity contribution < 1.29 is 15.7 Å². The number of carbonyl (C=O) groups excluding carboxylic acids is 1. The van der Waals surface area contributed by atoms with Crippen LogP contribution in [0.2, 0.25) is 0 Å². The second kappa shape index (κ2) is 12.7. The van der Waals surface area contributed by atoms with Crippen molar-refractivity contribution in [3.05, 3.63) is 35.3 Å². The quantitative estimate of drug-likeness (QED) is 0.569. The highest BCUT2D eigenvalue weighted by atomic mass is 16.5. The minimum absolute atomic E-state index is 0. The summed E-state index contributed by atoms with van der Waals surface area (Å²) >= 11 is 0. The van der Waals surface area contributed by atoms with Crippen LogP contribution in [0.3, 0.4) is 0 Å². The van der Waals surface area contributed by atoms with Crippen LogP contribution in [0.15, 0.2) is 35.3 Å². The lowest BCUT2D eigenvalue weighted by Crippen LogP contribution is -2.28. The van der Waals surface area contributed by atoms with Gasteiger partial charge in [0.25, 0.3) is 0 Å². The lowest BCUT2D eigenvalue weighted by Gasteiger charge is -2.07. The number of ether oxygens (including phenoxy) is 2.